The quantitative estimate of drug-likeness (QED) is 0.784. The zero-order valence-electron chi connectivity index (χ0n) is 8.93. The zero-order valence-corrected chi connectivity index (χ0v) is 9.69. The van der Waals surface area contributed by atoms with Crippen LogP contribution in [0, 0.1) is 0 Å². The Labute approximate surface area is 99.3 Å². The highest BCUT2D eigenvalue weighted by molar-refractivity contribution is 6.29. The summed E-state index contributed by atoms with van der Waals surface area (Å²) in [6.07, 6.45) is 0. The van der Waals surface area contributed by atoms with E-state index < -0.39 is 0 Å². The summed E-state index contributed by atoms with van der Waals surface area (Å²) in [5.74, 6) is 0.512. The van der Waals surface area contributed by atoms with E-state index >= 15 is 0 Å². The van der Waals surface area contributed by atoms with Gasteiger partial charge < -0.3 is 9.47 Å². The van der Waals surface area contributed by atoms with Crippen LogP contribution in [0.4, 0.5) is 0 Å². The van der Waals surface area contributed by atoms with Crippen molar-refractivity contribution in [1.82, 2.24) is 15.1 Å². The van der Waals surface area contributed by atoms with Crippen LogP contribution in [0.1, 0.15) is 0 Å². The molecule has 0 spiro atoms. The highest BCUT2D eigenvalue weighted by Crippen LogP contribution is 2.08. The second kappa shape index (κ2) is 5.98. The van der Waals surface area contributed by atoms with Crippen LogP contribution in [-0.4, -0.2) is 54.6 Å². The Hall–Kier alpha value is -0.910. The van der Waals surface area contributed by atoms with Gasteiger partial charge in [-0.15, -0.1) is 10.2 Å². The molecule has 0 saturated carbocycles. The number of aromatic nitrogens is 2. The molecule has 0 unspecified atom stereocenters. The predicted molar refractivity (Wildman–Crippen MR) is 59.8 cm³/mol. The summed E-state index contributed by atoms with van der Waals surface area (Å²) in [4.78, 5) is 2.30. The number of rotatable bonds is 4. The lowest BCUT2D eigenvalue weighted by atomic mass is 10.4. The monoisotopic (exact) mass is 243 g/mol. The Morgan fingerprint density at radius 3 is 2.81 bits per heavy atom. The van der Waals surface area contributed by atoms with Crippen molar-refractivity contribution in [2.24, 2.45) is 0 Å². The molecule has 2 rings (SSSR count). The van der Waals surface area contributed by atoms with Crippen molar-refractivity contribution in [3.8, 4) is 5.88 Å². The molecule has 0 N–H and O–H groups in total. The Morgan fingerprint density at radius 2 is 2.12 bits per heavy atom. The molecule has 1 saturated heterocycles. The van der Waals surface area contributed by atoms with Gasteiger partial charge in [0.1, 0.15) is 6.61 Å². The Bertz CT molecular complexity index is 314. The van der Waals surface area contributed by atoms with Gasteiger partial charge in [0.15, 0.2) is 5.15 Å². The molecule has 0 aromatic carbocycles. The van der Waals surface area contributed by atoms with Crippen LogP contribution in [-0.2, 0) is 4.74 Å². The summed E-state index contributed by atoms with van der Waals surface area (Å²) in [5, 5.41) is 7.89. The van der Waals surface area contributed by atoms with Gasteiger partial charge in [-0.2, -0.15) is 0 Å². The van der Waals surface area contributed by atoms with Gasteiger partial charge in [0, 0.05) is 25.7 Å². The lowest BCUT2D eigenvalue weighted by Crippen LogP contribution is -2.38. The van der Waals surface area contributed by atoms with Crippen LogP contribution in [0.15, 0.2) is 12.1 Å². The fourth-order valence-corrected chi connectivity index (χ4v) is 1.59. The molecule has 1 aliphatic rings. The SMILES string of the molecule is Clc1ccc(OCCN2CCOCC2)nn1. The van der Waals surface area contributed by atoms with Crippen molar-refractivity contribution in [3.63, 3.8) is 0 Å². The van der Waals surface area contributed by atoms with Crippen molar-refractivity contribution >= 4 is 11.6 Å². The predicted octanol–water partition coefficient (Wildman–Crippen LogP) is 0.841. The van der Waals surface area contributed by atoms with Crippen molar-refractivity contribution in [1.29, 1.82) is 0 Å². The van der Waals surface area contributed by atoms with Gasteiger partial charge >= 0.3 is 0 Å². The molecule has 0 atom stereocenters. The van der Waals surface area contributed by atoms with Crippen LogP contribution >= 0.6 is 11.6 Å². The first-order valence-corrected chi connectivity index (χ1v) is 5.64. The van der Waals surface area contributed by atoms with Crippen molar-refractivity contribution < 1.29 is 9.47 Å². The van der Waals surface area contributed by atoms with Gasteiger partial charge in [0.25, 0.3) is 0 Å². The highest BCUT2D eigenvalue weighted by Gasteiger charge is 2.09. The van der Waals surface area contributed by atoms with Crippen molar-refractivity contribution in [2.45, 2.75) is 0 Å². The molecule has 0 radical (unpaired) electrons. The average Bonchev–Trinajstić information content (AvgIpc) is 2.33. The van der Waals surface area contributed by atoms with Gasteiger partial charge in [-0.25, -0.2) is 0 Å². The van der Waals surface area contributed by atoms with Crippen LogP contribution in [0.25, 0.3) is 0 Å². The molecule has 1 aromatic rings. The smallest absolute Gasteiger partial charge is 0.233 e. The van der Waals surface area contributed by atoms with Crippen LogP contribution in [0.3, 0.4) is 0 Å². The largest absolute Gasteiger partial charge is 0.475 e. The third-order valence-electron chi connectivity index (χ3n) is 2.37. The van der Waals surface area contributed by atoms with E-state index in [1.165, 1.54) is 0 Å². The fraction of sp³-hybridized carbons (Fsp3) is 0.600. The van der Waals surface area contributed by atoms with E-state index in [1.54, 1.807) is 12.1 Å². The molecular formula is C10H14ClN3O2. The van der Waals surface area contributed by atoms with Gasteiger partial charge in [-0.1, -0.05) is 11.6 Å². The molecular weight excluding hydrogens is 230 g/mol. The first-order valence-electron chi connectivity index (χ1n) is 5.27. The fourth-order valence-electron chi connectivity index (χ4n) is 1.48. The number of nitrogens with zero attached hydrogens (tertiary/aromatic N) is 3. The van der Waals surface area contributed by atoms with Gasteiger partial charge in [0.05, 0.1) is 13.2 Å². The summed E-state index contributed by atoms with van der Waals surface area (Å²) >= 11 is 5.62. The molecule has 0 aliphatic carbocycles. The normalized spacial score (nSPS) is 17.3. The number of ether oxygens (including phenoxy) is 2. The lowest BCUT2D eigenvalue weighted by molar-refractivity contribution is 0.0319. The lowest BCUT2D eigenvalue weighted by Gasteiger charge is -2.26. The minimum atomic E-state index is 0.375. The molecule has 0 bridgehead atoms. The summed E-state index contributed by atoms with van der Waals surface area (Å²) < 4.78 is 10.7. The van der Waals surface area contributed by atoms with E-state index in [9.17, 15) is 0 Å². The topological polar surface area (TPSA) is 47.5 Å². The third kappa shape index (κ3) is 3.59. The Morgan fingerprint density at radius 1 is 1.31 bits per heavy atom. The maximum atomic E-state index is 5.62. The maximum absolute atomic E-state index is 5.62. The molecule has 6 heteroatoms. The summed E-state index contributed by atoms with van der Waals surface area (Å²) in [6.45, 7) is 5.04. The molecule has 16 heavy (non-hydrogen) atoms. The maximum Gasteiger partial charge on any atom is 0.233 e. The molecule has 5 nitrogen and oxygen atoms in total. The third-order valence-corrected chi connectivity index (χ3v) is 2.57. The van der Waals surface area contributed by atoms with Gasteiger partial charge in [0.2, 0.25) is 5.88 Å². The minimum absolute atomic E-state index is 0.375. The molecule has 88 valence electrons. The van der Waals surface area contributed by atoms with E-state index in [0.717, 1.165) is 32.8 Å². The second-order valence-corrected chi connectivity index (χ2v) is 3.88. The summed E-state index contributed by atoms with van der Waals surface area (Å²) in [6, 6.07) is 3.38. The molecule has 0 amide bonds. The summed E-state index contributed by atoms with van der Waals surface area (Å²) in [5.41, 5.74) is 0. The first-order chi connectivity index (χ1) is 7.84. The van der Waals surface area contributed by atoms with E-state index in [1.807, 2.05) is 0 Å². The number of hydrogen-bond acceptors (Lipinski definition) is 5. The highest BCUT2D eigenvalue weighted by atomic mass is 35.5. The van der Waals surface area contributed by atoms with E-state index in [2.05, 4.69) is 15.1 Å². The molecule has 1 fully saturated rings. The number of halogens is 1. The average molecular weight is 244 g/mol. The second-order valence-electron chi connectivity index (χ2n) is 3.50. The van der Waals surface area contributed by atoms with Crippen LogP contribution < -0.4 is 4.74 Å². The Balaban J connectivity index is 1.69. The van der Waals surface area contributed by atoms with E-state index in [-0.39, 0.29) is 0 Å². The number of morpholine rings is 1. The Kier molecular flexibility index (Phi) is 4.33. The molecule has 1 aliphatic heterocycles. The van der Waals surface area contributed by atoms with E-state index in [0.29, 0.717) is 17.6 Å². The van der Waals surface area contributed by atoms with Gasteiger partial charge in [-0.05, 0) is 6.07 Å². The van der Waals surface area contributed by atoms with Gasteiger partial charge in [-0.3, -0.25) is 4.90 Å². The van der Waals surface area contributed by atoms with Crippen LogP contribution in [0.2, 0.25) is 5.15 Å². The van der Waals surface area contributed by atoms with Crippen molar-refractivity contribution in [3.05, 3.63) is 17.3 Å². The number of hydrogen-bond donors (Lipinski definition) is 0. The molecule has 2 heterocycles. The first kappa shape index (κ1) is 11.6. The zero-order chi connectivity index (χ0) is 11.2. The molecule has 1 aromatic heterocycles. The van der Waals surface area contributed by atoms with Crippen molar-refractivity contribution in [2.75, 3.05) is 39.5 Å². The minimum Gasteiger partial charge on any atom is -0.475 e. The van der Waals surface area contributed by atoms with Crippen LogP contribution in [0.5, 0.6) is 5.88 Å². The summed E-state index contributed by atoms with van der Waals surface area (Å²) in [7, 11) is 0. The van der Waals surface area contributed by atoms with E-state index in [4.69, 9.17) is 21.1 Å². The standard InChI is InChI=1S/C10H14ClN3O2/c11-9-1-2-10(13-12-9)16-8-5-14-3-6-15-7-4-14/h1-2H,3-8H2.